The zero-order valence-corrected chi connectivity index (χ0v) is 15.3. The molecule has 0 aromatic carbocycles. The number of aryl methyl sites for hydroxylation is 1. The highest BCUT2D eigenvalue weighted by Gasteiger charge is 2.51. The first-order chi connectivity index (χ1) is 12.1. The number of ether oxygens (including phenoxy) is 1. The third-order valence-corrected chi connectivity index (χ3v) is 5.96. The Morgan fingerprint density at radius 1 is 1.32 bits per heavy atom. The van der Waals surface area contributed by atoms with Crippen LogP contribution in [0.3, 0.4) is 0 Å². The molecule has 2 saturated heterocycles. The number of amides is 1. The Morgan fingerprint density at radius 2 is 2.16 bits per heavy atom. The van der Waals surface area contributed by atoms with Crippen molar-refractivity contribution < 1.29 is 9.53 Å². The van der Waals surface area contributed by atoms with Gasteiger partial charge in [-0.2, -0.15) is 0 Å². The molecule has 132 valence electrons. The summed E-state index contributed by atoms with van der Waals surface area (Å²) in [4.78, 5) is 30.1. The summed E-state index contributed by atoms with van der Waals surface area (Å²) < 4.78 is 5.18. The molecule has 2 aliphatic heterocycles. The van der Waals surface area contributed by atoms with Gasteiger partial charge in [0.05, 0.1) is 29.8 Å². The highest BCUT2D eigenvalue weighted by atomic mass is 32.1. The second kappa shape index (κ2) is 6.25. The van der Waals surface area contributed by atoms with Crippen LogP contribution in [0.5, 0.6) is 5.88 Å². The summed E-state index contributed by atoms with van der Waals surface area (Å²) in [6.07, 6.45) is 3.27. The van der Waals surface area contributed by atoms with Gasteiger partial charge in [0.2, 0.25) is 11.8 Å². The number of methoxy groups -OCH3 is 1. The molecule has 0 aliphatic carbocycles. The van der Waals surface area contributed by atoms with Gasteiger partial charge in [-0.25, -0.2) is 15.0 Å². The Kier molecular flexibility index (Phi) is 4.07. The van der Waals surface area contributed by atoms with Crippen LogP contribution in [0, 0.1) is 12.3 Å². The largest absolute Gasteiger partial charge is 0.481 e. The quantitative estimate of drug-likeness (QED) is 0.830. The molecular formula is C17H21N5O2S. The SMILES string of the molecule is COc1cc(N2CCC3(CCN(Cc4csc(C)n4)C3=O)C2)ncn1. The molecule has 2 fully saturated rings. The van der Waals surface area contributed by atoms with E-state index < -0.39 is 0 Å². The molecular weight excluding hydrogens is 338 g/mol. The fraction of sp³-hybridized carbons (Fsp3) is 0.529. The molecule has 2 aliphatic rings. The summed E-state index contributed by atoms with van der Waals surface area (Å²) >= 11 is 1.63. The predicted octanol–water partition coefficient (Wildman–Crippen LogP) is 1.88. The first-order valence-electron chi connectivity index (χ1n) is 8.41. The molecule has 2 aromatic rings. The molecule has 1 spiro atoms. The van der Waals surface area contributed by atoms with Crippen molar-refractivity contribution in [2.45, 2.75) is 26.3 Å². The maximum atomic E-state index is 13.1. The number of carbonyl (C=O) groups excluding carboxylic acids is 1. The fourth-order valence-electron chi connectivity index (χ4n) is 3.78. The summed E-state index contributed by atoms with van der Waals surface area (Å²) in [5.41, 5.74) is 0.701. The van der Waals surface area contributed by atoms with Crippen molar-refractivity contribution >= 4 is 23.1 Å². The summed E-state index contributed by atoms with van der Waals surface area (Å²) in [6, 6.07) is 1.83. The Hall–Kier alpha value is -2.22. The number of nitrogens with zero attached hydrogens (tertiary/aromatic N) is 5. The highest BCUT2D eigenvalue weighted by Crippen LogP contribution is 2.42. The van der Waals surface area contributed by atoms with Crippen molar-refractivity contribution in [3.05, 3.63) is 28.5 Å². The average molecular weight is 359 g/mol. The molecule has 8 heteroatoms. The molecule has 1 amide bonds. The molecule has 25 heavy (non-hydrogen) atoms. The third kappa shape index (κ3) is 2.95. The third-order valence-electron chi connectivity index (χ3n) is 5.14. The number of rotatable bonds is 4. The van der Waals surface area contributed by atoms with E-state index >= 15 is 0 Å². The van der Waals surface area contributed by atoms with Crippen molar-refractivity contribution in [2.24, 2.45) is 5.41 Å². The van der Waals surface area contributed by atoms with E-state index in [1.165, 1.54) is 6.33 Å². The van der Waals surface area contributed by atoms with E-state index in [0.29, 0.717) is 19.0 Å². The van der Waals surface area contributed by atoms with Gasteiger partial charge in [-0.05, 0) is 19.8 Å². The number of anilines is 1. The van der Waals surface area contributed by atoms with Crippen LogP contribution in [0.25, 0.3) is 0 Å². The van der Waals surface area contributed by atoms with Crippen molar-refractivity contribution in [2.75, 3.05) is 31.6 Å². The number of hydrogen-bond donors (Lipinski definition) is 0. The van der Waals surface area contributed by atoms with Gasteiger partial charge in [-0.1, -0.05) is 0 Å². The normalized spacial score (nSPS) is 23.0. The molecule has 1 atom stereocenters. The molecule has 0 radical (unpaired) electrons. The molecule has 4 rings (SSSR count). The number of aromatic nitrogens is 3. The first kappa shape index (κ1) is 16.3. The number of hydrogen-bond acceptors (Lipinski definition) is 7. The lowest BCUT2D eigenvalue weighted by Gasteiger charge is -2.23. The van der Waals surface area contributed by atoms with E-state index in [1.807, 2.05) is 23.3 Å². The lowest BCUT2D eigenvalue weighted by molar-refractivity contribution is -0.135. The van der Waals surface area contributed by atoms with Gasteiger partial charge in [-0.15, -0.1) is 11.3 Å². The van der Waals surface area contributed by atoms with Gasteiger partial charge in [0.25, 0.3) is 0 Å². The molecule has 7 nitrogen and oxygen atoms in total. The first-order valence-corrected chi connectivity index (χ1v) is 9.29. The summed E-state index contributed by atoms with van der Waals surface area (Å²) in [5, 5.41) is 3.09. The van der Waals surface area contributed by atoms with Crippen molar-refractivity contribution in [1.29, 1.82) is 0 Å². The monoisotopic (exact) mass is 359 g/mol. The zero-order valence-electron chi connectivity index (χ0n) is 14.4. The van der Waals surface area contributed by atoms with E-state index in [1.54, 1.807) is 18.4 Å². The van der Waals surface area contributed by atoms with Crippen LogP contribution in [0.4, 0.5) is 5.82 Å². The number of thiazole rings is 1. The Balaban J connectivity index is 1.47. The van der Waals surface area contributed by atoms with Gasteiger partial charge >= 0.3 is 0 Å². The zero-order chi connectivity index (χ0) is 17.4. The van der Waals surface area contributed by atoms with E-state index in [9.17, 15) is 4.79 Å². The summed E-state index contributed by atoms with van der Waals surface area (Å²) in [6.45, 7) is 4.95. The van der Waals surface area contributed by atoms with Gasteiger partial charge in [0.15, 0.2) is 0 Å². The fourth-order valence-corrected chi connectivity index (χ4v) is 4.38. The topological polar surface area (TPSA) is 71.5 Å². The second-order valence-electron chi connectivity index (χ2n) is 6.71. The highest BCUT2D eigenvalue weighted by molar-refractivity contribution is 7.09. The molecule has 0 bridgehead atoms. The lowest BCUT2D eigenvalue weighted by Crippen LogP contribution is -2.36. The Bertz CT molecular complexity index is 795. The molecule has 0 N–H and O–H groups in total. The number of carbonyl (C=O) groups is 1. The average Bonchev–Trinajstić information content (AvgIpc) is 3.32. The van der Waals surface area contributed by atoms with Crippen LogP contribution in [-0.2, 0) is 11.3 Å². The van der Waals surface area contributed by atoms with Crippen molar-refractivity contribution in [3.63, 3.8) is 0 Å². The molecule has 4 heterocycles. The van der Waals surface area contributed by atoms with E-state index in [4.69, 9.17) is 4.74 Å². The van der Waals surface area contributed by atoms with Gasteiger partial charge in [-0.3, -0.25) is 4.79 Å². The van der Waals surface area contributed by atoms with Gasteiger partial charge in [0.1, 0.15) is 12.1 Å². The van der Waals surface area contributed by atoms with Crippen LogP contribution in [-0.4, -0.2) is 52.5 Å². The summed E-state index contributed by atoms with van der Waals surface area (Å²) in [7, 11) is 1.59. The van der Waals surface area contributed by atoms with Crippen molar-refractivity contribution in [1.82, 2.24) is 19.9 Å². The standard InChI is InChI=1S/C17H21N5O2S/c1-12-20-13(9-25-12)8-21-5-3-17(16(21)23)4-6-22(10-17)14-7-15(24-2)19-11-18-14/h7,9,11H,3-6,8,10H2,1-2H3. The minimum absolute atomic E-state index is 0.252. The minimum atomic E-state index is -0.288. The smallest absolute Gasteiger partial charge is 0.231 e. The molecule has 0 saturated carbocycles. The van der Waals surface area contributed by atoms with Crippen LogP contribution in [0.2, 0.25) is 0 Å². The lowest BCUT2D eigenvalue weighted by atomic mass is 9.85. The maximum absolute atomic E-state index is 13.1. The van der Waals surface area contributed by atoms with E-state index in [-0.39, 0.29) is 11.3 Å². The van der Waals surface area contributed by atoms with E-state index in [0.717, 1.165) is 42.5 Å². The Labute approximate surface area is 150 Å². The Morgan fingerprint density at radius 3 is 2.92 bits per heavy atom. The van der Waals surface area contributed by atoms with Gasteiger partial charge in [0, 0.05) is 31.1 Å². The maximum Gasteiger partial charge on any atom is 0.231 e. The number of likely N-dealkylation sites (tertiary alicyclic amines) is 1. The van der Waals surface area contributed by atoms with Crippen LogP contribution >= 0.6 is 11.3 Å². The van der Waals surface area contributed by atoms with Gasteiger partial charge < -0.3 is 14.5 Å². The van der Waals surface area contributed by atoms with Crippen LogP contribution in [0.1, 0.15) is 23.5 Å². The van der Waals surface area contributed by atoms with Crippen molar-refractivity contribution in [3.8, 4) is 5.88 Å². The molecule has 2 aromatic heterocycles. The van der Waals surface area contributed by atoms with E-state index in [2.05, 4.69) is 19.9 Å². The summed E-state index contributed by atoms with van der Waals surface area (Å²) in [5.74, 6) is 1.62. The second-order valence-corrected chi connectivity index (χ2v) is 7.77. The molecule has 1 unspecified atom stereocenters. The minimum Gasteiger partial charge on any atom is -0.481 e. The van der Waals surface area contributed by atoms with Crippen LogP contribution in [0.15, 0.2) is 17.8 Å². The predicted molar refractivity (Wildman–Crippen MR) is 94.7 cm³/mol. The van der Waals surface area contributed by atoms with Crippen LogP contribution < -0.4 is 9.64 Å².